The Morgan fingerprint density at radius 1 is 1.38 bits per heavy atom. The van der Waals surface area contributed by atoms with E-state index in [0.717, 1.165) is 4.90 Å². The van der Waals surface area contributed by atoms with E-state index in [4.69, 9.17) is 14.2 Å². The fourth-order valence-corrected chi connectivity index (χ4v) is 2.85. The van der Waals surface area contributed by atoms with Crippen LogP contribution in [0.5, 0.6) is 5.75 Å². The van der Waals surface area contributed by atoms with Gasteiger partial charge in [0.05, 0.1) is 19.8 Å². The molecule has 134 valence electrons. The van der Waals surface area contributed by atoms with Crippen LogP contribution in [0.25, 0.3) is 0 Å². The molecule has 1 unspecified atom stereocenters. The molecular weight excluding hydrogens is 327 g/mol. The van der Waals surface area contributed by atoms with Gasteiger partial charge in [0.25, 0.3) is 5.91 Å². The Hall–Kier alpha value is -1.80. The van der Waals surface area contributed by atoms with E-state index in [0.29, 0.717) is 11.3 Å². The summed E-state index contributed by atoms with van der Waals surface area (Å²) in [5.41, 5.74) is 0.432. The summed E-state index contributed by atoms with van der Waals surface area (Å²) < 4.78 is 55.4. The molecule has 2 rings (SSSR count). The van der Waals surface area contributed by atoms with E-state index in [2.05, 4.69) is 0 Å². The van der Waals surface area contributed by atoms with Crippen LogP contribution in [0.15, 0.2) is 24.3 Å². The fourth-order valence-electron chi connectivity index (χ4n) is 2.85. The van der Waals surface area contributed by atoms with E-state index in [9.17, 15) is 18.0 Å². The van der Waals surface area contributed by atoms with Gasteiger partial charge in [0, 0.05) is 13.7 Å². The van der Waals surface area contributed by atoms with Crippen molar-refractivity contribution in [3.63, 3.8) is 0 Å². The third-order valence-corrected chi connectivity index (χ3v) is 3.97. The predicted octanol–water partition coefficient (Wildman–Crippen LogP) is 2.56. The standard InChI is InChI=1S/C16H20F3NO4/c1-10-14(16(17,18)19)20(7-8-24-10)15(21)13(23-3)11-5-4-6-12(9-11)22-2/h4-6,9-10,13-14H,7-8H2,1-3H3/t10-,13?,14-/m0/s1. The Bertz CT molecular complexity index is 579. The number of hydrogen-bond donors (Lipinski definition) is 0. The van der Waals surface area contributed by atoms with E-state index in [1.54, 1.807) is 24.3 Å². The number of carbonyl (C=O) groups is 1. The molecule has 1 fully saturated rings. The second-order valence-electron chi connectivity index (χ2n) is 5.49. The van der Waals surface area contributed by atoms with Gasteiger partial charge in [0.2, 0.25) is 0 Å². The highest BCUT2D eigenvalue weighted by Crippen LogP contribution is 2.33. The molecule has 0 spiro atoms. The maximum atomic E-state index is 13.4. The first-order valence-electron chi connectivity index (χ1n) is 7.45. The van der Waals surface area contributed by atoms with Crippen LogP contribution < -0.4 is 4.74 Å². The number of amides is 1. The lowest BCUT2D eigenvalue weighted by Crippen LogP contribution is -2.60. The maximum absolute atomic E-state index is 13.4. The lowest BCUT2D eigenvalue weighted by molar-refractivity contribution is -0.232. The van der Waals surface area contributed by atoms with Crippen molar-refractivity contribution in [3.05, 3.63) is 29.8 Å². The van der Waals surface area contributed by atoms with E-state index in [1.807, 2.05) is 0 Å². The molecule has 1 aliphatic heterocycles. The Kier molecular flexibility index (Phi) is 5.71. The van der Waals surface area contributed by atoms with Gasteiger partial charge in [-0.25, -0.2) is 0 Å². The van der Waals surface area contributed by atoms with Crippen LogP contribution >= 0.6 is 0 Å². The molecule has 1 aliphatic rings. The highest BCUT2D eigenvalue weighted by Gasteiger charge is 2.51. The summed E-state index contributed by atoms with van der Waals surface area (Å²) in [5.74, 6) is -0.256. The number of halogens is 3. The molecule has 1 saturated heterocycles. The topological polar surface area (TPSA) is 48.0 Å². The van der Waals surface area contributed by atoms with Crippen molar-refractivity contribution in [1.29, 1.82) is 0 Å². The number of rotatable bonds is 4. The van der Waals surface area contributed by atoms with Gasteiger partial charge in [0.1, 0.15) is 5.75 Å². The van der Waals surface area contributed by atoms with E-state index in [1.165, 1.54) is 21.1 Å². The van der Waals surface area contributed by atoms with E-state index >= 15 is 0 Å². The lowest BCUT2D eigenvalue weighted by Gasteiger charge is -2.41. The molecule has 0 N–H and O–H groups in total. The van der Waals surface area contributed by atoms with Crippen LogP contribution in [-0.4, -0.2) is 56.5 Å². The van der Waals surface area contributed by atoms with Crippen molar-refractivity contribution in [2.45, 2.75) is 31.3 Å². The van der Waals surface area contributed by atoms with Crippen molar-refractivity contribution < 1.29 is 32.2 Å². The molecule has 1 amide bonds. The number of morpholine rings is 1. The van der Waals surface area contributed by atoms with Crippen molar-refractivity contribution >= 4 is 5.91 Å². The molecule has 0 saturated carbocycles. The third kappa shape index (κ3) is 3.81. The van der Waals surface area contributed by atoms with Gasteiger partial charge in [-0.2, -0.15) is 13.2 Å². The summed E-state index contributed by atoms with van der Waals surface area (Å²) in [7, 11) is 2.75. The Balaban J connectivity index is 2.31. The molecule has 24 heavy (non-hydrogen) atoms. The molecular formula is C16H20F3NO4. The van der Waals surface area contributed by atoms with Crippen LogP contribution in [0.1, 0.15) is 18.6 Å². The summed E-state index contributed by atoms with van der Waals surface area (Å²) in [4.78, 5) is 13.5. The van der Waals surface area contributed by atoms with Crippen molar-refractivity contribution in [1.82, 2.24) is 4.90 Å². The van der Waals surface area contributed by atoms with Crippen LogP contribution in [0.2, 0.25) is 0 Å². The molecule has 0 aromatic heterocycles. The summed E-state index contributed by atoms with van der Waals surface area (Å²) in [6, 6.07) is 4.51. The molecule has 1 aromatic rings. The monoisotopic (exact) mass is 347 g/mol. The zero-order valence-electron chi connectivity index (χ0n) is 13.7. The highest BCUT2D eigenvalue weighted by molar-refractivity contribution is 5.83. The van der Waals surface area contributed by atoms with Gasteiger partial charge in [-0.15, -0.1) is 0 Å². The van der Waals surface area contributed by atoms with Gasteiger partial charge in [-0.05, 0) is 24.6 Å². The minimum atomic E-state index is -4.58. The van der Waals surface area contributed by atoms with E-state index in [-0.39, 0.29) is 13.2 Å². The molecule has 8 heteroatoms. The minimum Gasteiger partial charge on any atom is -0.497 e. The quantitative estimate of drug-likeness (QED) is 0.840. The number of carbonyl (C=O) groups excluding carboxylic acids is 1. The fraction of sp³-hybridized carbons (Fsp3) is 0.562. The first-order valence-corrected chi connectivity index (χ1v) is 7.45. The van der Waals surface area contributed by atoms with Crippen molar-refractivity contribution in [2.75, 3.05) is 27.4 Å². The van der Waals surface area contributed by atoms with Crippen molar-refractivity contribution in [2.24, 2.45) is 0 Å². The van der Waals surface area contributed by atoms with Crippen LogP contribution in [-0.2, 0) is 14.3 Å². The van der Waals surface area contributed by atoms with E-state index < -0.39 is 30.3 Å². The second kappa shape index (κ2) is 7.40. The summed E-state index contributed by atoms with van der Waals surface area (Å²) in [6.07, 6.45) is -6.86. The lowest BCUT2D eigenvalue weighted by atomic mass is 10.0. The van der Waals surface area contributed by atoms with Gasteiger partial charge in [-0.1, -0.05) is 12.1 Å². The Morgan fingerprint density at radius 3 is 2.67 bits per heavy atom. The maximum Gasteiger partial charge on any atom is 0.411 e. The predicted molar refractivity (Wildman–Crippen MR) is 79.7 cm³/mol. The van der Waals surface area contributed by atoms with Crippen LogP contribution in [0.3, 0.4) is 0 Å². The summed E-state index contributed by atoms with van der Waals surface area (Å²) in [6.45, 7) is 1.22. The first-order chi connectivity index (χ1) is 11.3. The van der Waals surface area contributed by atoms with Gasteiger partial charge < -0.3 is 19.1 Å². The van der Waals surface area contributed by atoms with Gasteiger partial charge in [0.15, 0.2) is 12.1 Å². The summed E-state index contributed by atoms with van der Waals surface area (Å²) in [5, 5.41) is 0. The molecule has 3 atom stereocenters. The van der Waals surface area contributed by atoms with Gasteiger partial charge >= 0.3 is 6.18 Å². The number of nitrogens with zero attached hydrogens (tertiary/aromatic N) is 1. The number of ether oxygens (including phenoxy) is 3. The van der Waals surface area contributed by atoms with Crippen molar-refractivity contribution in [3.8, 4) is 5.75 Å². The zero-order valence-corrected chi connectivity index (χ0v) is 13.7. The highest BCUT2D eigenvalue weighted by atomic mass is 19.4. The molecule has 0 aliphatic carbocycles. The first kappa shape index (κ1) is 18.5. The number of methoxy groups -OCH3 is 2. The average Bonchev–Trinajstić information content (AvgIpc) is 2.54. The zero-order chi connectivity index (χ0) is 17.9. The normalized spacial score (nSPS) is 23.0. The Morgan fingerprint density at radius 2 is 2.08 bits per heavy atom. The smallest absolute Gasteiger partial charge is 0.411 e. The SMILES string of the molecule is COc1cccc(C(OC)C(=O)N2CCO[C@@H](C)[C@H]2C(F)(F)F)c1. The number of alkyl halides is 3. The molecule has 1 heterocycles. The molecule has 1 aromatic carbocycles. The third-order valence-electron chi connectivity index (χ3n) is 3.97. The minimum absolute atomic E-state index is 0.0496. The number of hydrogen-bond acceptors (Lipinski definition) is 4. The summed E-state index contributed by atoms with van der Waals surface area (Å²) >= 11 is 0. The average molecular weight is 347 g/mol. The molecule has 5 nitrogen and oxygen atoms in total. The van der Waals surface area contributed by atoms with Crippen LogP contribution in [0, 0.1) is 0 Å². The molecule has 0 radical (unpaired) electrons. The second-order valence-corrected chi connectivity index (χ2v) is 5.49. The number of benzene rings is 1. The van der Waals surface area contributed by atoms with Gasteiger partial charge in [-0.3, -0.25) is 4.79 Å². The molecule has 0 bridgehead atoms. The largest absolute Gasteiger partial charge is 0.497 e. The van der Waals surface area contributed by atoms with Crippen LogP contribution in [0.4, 0.5) is 13.2 Å². The Labute approximate surface area is 138 Å².